The minimum Gasteiger partial charge on any atom is -0.507 e. The summed E-state index contributed by atoms with van der Waals surface area (Å²) in [5.74, 6) is 2.20. The summed E-state index contributed by atoms with van der Waals surface area (Å²) in [4.78, 5) is 26.7. The van der Waals surface area contributed by atoms with E-state index < -0.39 is 0 Å². The Morgan fingerprint density at radius 3 is 1.67 bits per heavy atom. The van der Waals surface area contributed by atoms with Gasteiger partial charge in [0.1, 0.15) is 11.5 Å². The smallest absolute Gasteiger partial charge is 0.224 e. The van der Waals surface area contributed by atoms with Crippen molar-refractivity contribution in [2.24, 2.45) is 0 Å². The SMILES string of the molecule is CCCCCCCCCCCCCCCC(=O)Nc1ccc(-c2nc(-c3ccc(OC)cc3)nc(-c3ccccc3O)n2)cc1. The first-order chi connectivity index (χ1) is 22.1. The van der Waals surface area contributed by atoms with Crippen LogP contribution in [0.5, 0.6) is 11.5 Å². The highest BCUT2D eigenvalue weighted by Gasteiger charge is 2.15. The molecule has 4 aromatic rings. The highest BCUT2D eigenvalue weighted by molar-refractivity contribution is 5.90. The second kappa shape index (κ2) is 18.5. The zero-order valence-electron chi connectivity index (χ0n) is 26.9. The van der Waals surface area contributed by atoms with Crippen LogP contribution in [0.3, 0.4) is 0 Å². The average molecular weight is 609 g/mol. The fourth-order valence-electron chi connectivity index (χ4n) is 5.39. The molecule has 0 bridgehead atoms. The largest absolute Gasteiger partial charge is 0.507 e. The molecular formula is C38H48N4O3. The summed E-state index contributed by atoms with van der Waals surface area (Å²) in [6.45, 7) is 2.27. The molecule has 1 heterocycles. The number of nitrogens with one attached hydrogen (secondary N) is 1. The Hall–Kier alpha value is -4.26. The number of aromatic nitrogens is 3. The van der Waals surface area contributed by atoms with E-state index in [0.29, 0.717) is 29.5 Å². The molecule has 4 rings (SSSR count). The third kappa shape index (κ3) is 11.0. The van der Waals surface area contributed by atoms with Gasteiger partial charge in [0.25, 0.3) is 0 Å². The van der Waals surface area contributed by atoms with E-state index in [1.165, 1.54) is 70.6 Å². The predicted molar refractivity (Wildman–Crippen MR) is 183 cm³/mol. The van der Waals surface area contributed by atoms with Gasteiger partial charge in [0.05, 0.1) is 12.7 Å². The number of phenolic OH excluding ortho intramolecular Hbond substituents is 1. The molecular weight excluding hydrogens is 560 g/mol. The summed E-state index contributed by atoms with van der Waals surface area (Å²) < 4.78 is 5.29. The number of ether oxygens (including phenoxy) is 1. The molecule has 0 aliphatic carbocycles. The molecule has 3 aromatic carbocycles. The van der Waals surface area contributed by atoms with Crippen LogP contribution in [0.25, 0.3) is 34.2 Å². The lowest BCUT2D eigenvalue weighted by Gasteiger charge is -2.10. The number of aromatic hydroxyl groups is 1. The van der Waals surface area contributed by atoms with Gasteiger partial charge in [0.15, 0.2) is 17.5 Å². The number of amides is 1. The number of methoxy groups -OCH3 is 1. The number of benzene rings is 3. The Bertz CT molecular complexity index is 1460. The van der Waals surface area contributed by atoms with Crippen LogP contribution in [0.1, 0.15) is 96.8 Å². The van der Waals surface area contributed by atoms with Gasteiger partial charge in [-0.1, -0.05) is 96.1 Å². The number of nitrogens with zero attached hydrogens (tertiary/aromatic N) is 3. The van der Waals surface area contributed by atoms with E-state index in [1.807, 2.05) is 54.6 Å². The van der Waals surface area contributed by atoms with Gasteiger partial charge in [-0.2, -0.15) is 0 Å². The molecule has 0 fully saturated rings. The lowest BCUT2D eigenvalue weighted by molar-refractivity contribution is -0.116. The van der Waals surface area contributed by atoms with Crippen molar-refractivity contribution in [3.05, 3.63) is 72.8 Å². The van der Waals surface area contributed by atoms with Crippen LogP contribution in [0, 0.1) is 0 Å². The molecule has 2 N–H and O–H groups in total. The second-order valence-corrected chi connectivity index (χ2v) is 11.7. The maximum Gasteiger partial charge on any atom is 0.224 e. The highest BCUT2D eigenvalue weighted by Crippen LogP contribution is 2.30. The molecule has 0 atom stereocenters. The summed E-state index contributed by atoms with van der Waals surface area (Å²) in [5.41, 5.74) is 2.84. The molecule has 0 spiro atoms. The van der Waals surface area contributed by atoms with Gasteiger partial charge in [0.2, 0.25) is 5.91 Å². The van der Waals surface area contributed by atoms with Gasteiger partial charge < -0.3 is 15.2 Å². The summed E-state index contributed by atoms with van der Waals surface area (Å²) in [7, 11) is 1.62. The number of unbranched alkanes of at least 4 members (excludes halogenated alkanes) is 12. The summed E-state index contributed by atoms with van der Waals surface area (Å²) in [6.07, 6.45) is 17.3. The summed E-state index contributed by atoms with van der Waals surface area (Å²) in [6, 6.07) is 22.0. The number of para-hydroxylation sites is 1. The monoisotopic (exact) mass is 608 g/mol. The van der Waals surface area contributed by atoms with E-state index in [0.717, 1.165) is 35.4 Å². The van der Waals surface area contributed by atoms with Crippen molar-refractivity contribution in [3.8, 4) is 45.7 Å². The molecule has 238 valence electrons. The zero-order chi connectivity index (χ0) is 31.7. The second-order valence-electron chi connectivity index (χ2n) is 11.7. The molecule has 0 aliphatic heterocycles. The number of anilines is 1. The van der Waals surface area contributed by atoms with Crippen LogP contribution in [0.4, 0.5) is 5.69 Å². The number of carbonyl (C=O) groups is 1. The molecule has 0 unspecified atom stereocenters. The van der Waals surface area contributed by atoms with E-state index in [9.17, 15) is 9.90 Å². The molecule has 7 heteroatoms. The molecule has 1 aromatic heterocycles. The van der Waals surface area contributed by atoms with Crippen molar-refractivity contribution in [3.63, 3.8) is 0 Å². The molecule has 7 nitrogen and oxygen atoms in total. The van der Waals surface area contributed by atoms with E-state index >= 15 is 0 Å². The quantitative estimate of drug-likeness (QED) is 0.103. The van der Waals surface area contributed by atoms with Gasteiger partial charge in [-0.05, 0) is 67.1 Å². The Labute approximate surface area is 268 Å². The number of rotatable bonds is 19. The first-order valence-corrected chi connectivity index (χ1v) is 16.7. The average Bonchev–Trinajstić information content (AvgIpc) is 3.07. The summed E-state index contributed by atoms with van der Waals surface area (Å²) >= 11 is 0. The van der Waals surface area contributed by atoms with E-state index in [-0.39, 0.29) is 11.7 Å². The standard InChI is InChI=1S/C38H48N4O3/c1-3-4-5-6-7-8-9-10-11-12-13-14-15-20-35(44)39-31-25-21-29(22-26-31)36-40-37(30-23-27-32(45-2)28-24-30)42-38(41-36)33-18-16-17-19-34(33)43/h16-19,21-28,43H,3-15,20H2,1-2H3,(H,39,44). The van der Waals surface area contributed by atoms with Crippen LogP contribution < -0.4 is 10.1 Å². The minimum atomic E-state index is 0.0367. The Morgan fingerprint density at radius 2 is 1.13 bits per heavy atom. The van der Waals surface area contributed by atoms with Crippen molar-refractivity contribution >= 4 is 11.6 Å². The normalized spacial score (nSPS) is 11.0. The summed E-state index contributed by atoms with van der Waals surface area (Å²) in [5, 5.41) is 13.5. The van der Waals surface area contributed by atoms with Gasteiger partial charge in [-0.25, -0.2) is 15.0 Å². The topological polar surface area (TPSA) is 97.2 Å². The zero-order valence-corrected chi connectivity index (χ0v) is 26.9. The number of hydrogen-bond acceptors (Lipinski definition) is 6. The number of hydrogen-bond donors (Lipinski definition) is 2. The van der Waals surface area contributed by atoms with E-state index in [4.69, 9.17) is 9.72 Å². The van der Waals surface area contributed by atoms with Gasteiger partial charge >= 0.3 is 0 Å². The fraction of sp³-hybridized carbons (Fsp3) is 0.421. The van der Waals surface area contributed by atoms with Crippen molar-refractivity contribution in [2.45, 2.75) is 96.8 Å². The number of carbonyl (C=O) groups excluding carboxylic acids is 1. The predicted octanol–water partition coefficient (Wildman–Crippen LogP) is 10.0. The van der Waals surface area contributed by atoms with Gasteiger partial charge in [0, 0.05) is 23.2 Å². The van der Waals surface area contributed by atoms with Crippen LogP contribution >= 0.6 is 0 Å². The molecule has 45 heavy (non-hydrogen) atoms. The fourth-order valence-corrected chi connectivity index (χ4v) is 5.39. The van der Waals surface area contributed by atoms with Crippen LogP contribution in [-0.2, 0) is 4.79 Å². The van der Waals surface area contributed by atoms with E-state index in [1.54, 1.807) is 25.3 Å². The third-order valence-corrected chi connectivity index (χ3v) is 8.06. The maximum absolute atomic E-state index is 12.6. The Balaban J connectivity index is 1.28. The Kier molecular flexibility index (Phi) is 13.8. The van der Waals surface area contributed by atoms with Crippen molar-refractivity contribution in [2.75, 3.05) is 12.4 Å². The van der Waals surface area contributed by atoms with Crippen molar-refractivity contribution < 1.29 is 14.6 Å². The van der Waals surface area contributed by atoms with Gasteiger partial charge in [-0.3, -0.25) is 4.79 Å². The lowest BCUT2D eigenvalue weighted by atomic mass is 10.0. The van der Waals surface area contributed by atoms with E-state index in [2.05, 4.69) is 22.2 Å². The Morgan fingerprint density at radius 1 is 0.644 bits per heavy atom. The van der Waals surface area contributed by atoms with Crippen LogP contribution in [0.2, 0.25) is 0 Å². The van der Waals surface area contributed by atoms with Crippen LogP contribution in [0.15, 0.2) is 72.8 Å². The molecule has 0 aliphatic rings. The maximum atomic E-state index is 12.6. The first-order valence-electron chi connectivity index (χ1n) is 16.7. The molecule has 0 radical (unpaired) electrons. The van der Waals surface area contributed by atoms with Crippen molar-refractivity contribution in [1.29, 1.82) is 0 Å². The lowest BCUT2D eigenvalue weighted by Crippen LogP contribution is -2.11. The molecule has 0 saturated heterocycles. The van der Waals surface area contributed by atoms with Crippen LogP contribution in [-0.4, -0.2) is 33.1 Å². The molecule has 0 saturated carbocycles. The highest BCUT2D eigenvalue weighted by atomic mass is 16.5. The van der Waals surface area contributed by atoms with Crippen molar-refractivity contribution in [1.82, 2.24) is 15.0 Å². The third-order valence-electron chi connectivity index (χ3n) is 8.06. The minimum absolute atomic E-state index is 0.0367. The first kappa shape index (κ1) is 33.6. The number of phenols is 1. The molecule has 1 amide bonds. The van der Waals surface area contributed by atoms with Gasteiger partial charge in [-0.15, -0.1) is 0 Å².